The summed E-state index contributed by atoms with van der Waals surface area (Å²) in [5, 5.41) is 0. The van der Waals surface area contributed by atoms with Gasteiger partial charge in [0.2, 0.25) is 0 Å². The molecule has 1 rings (SSSR count). The van der Waals surface area contributed by atoms with Crippen molar-refractivity contribution < 1.29 is 14.3 Å². The Kier molecular flexibility index (Phi) is 7.62. The van der Waals surface area contributed by atoms with E-state index in [1.54, 1.807) is 11.8 Å². The van der Waals surface area contributed by atoms with Crippen LogP contribution in [0.25, 0.3) is 0 Å². The number of unbranched alkanes of at least 4 members (excludes halogenated alkanes) is 1. The van der Waals surface area contributed by atoms with E-state index in [1.165, 1.54) is 0 Å². The molecule has 0 aromatic heterocycles. The van der Waals surface area contributed by atoms with Gasteiger partial charge in [0.25, 0.3) is 0 Å². The zero-order valence-corrected chi connectivity index (χ0v) is 13.1. The second kappa shape index (κ2) is 8.97. The first-order chi connectivity index (χ1) is 9.54. The van der Waals surface area contributed by atoms with E-state index in [0.29, 0.717) is 11.8 Å². The third-order valence-electron chi connectivity index (χ3n) is 3.47. The Balaban J connectivity index is 2.25. The molecule has 0 aromatic rings. The first kappa shape index (κ1) is 17.0. The van der Waals surface area contributed by atoms with E-state index >= 15 is 0 Å². The Hall–Kier alpha value is -1.07. The smallest absolute Gasteiger partial charge is 0.414 e. The Morgan fingerprint density at radius 3 is 2.70 bits per heavy atom. The van der Waals surface area contributed by atoms with Gasteiger partial charge in [0.15, 0.2) is 0 Å². The maximum Gasteiger partial charge on any atom is 0.414 e. The summed E-state index contributed by atoms with van der Waals surface area (Å²) < 4.78 is 10.4. The van der Waals surface area contributed by atoms with Crippen LogP contribution in [0.3, 0.4) is 0 Å². The standard InChI is InChI=1S/C15H28N2O3/c1-5-19-11-7-6-8-16-9-10-17(12-14(16)4)15(18)20-13(2)3/h14H,2,5-12H2,1,3-4H3/t14-/m0/s1. The van der Waals surface area contributed by atoms with E-state index in [9.17, 15) is 4.79 Å². The molecular formula is C15H28N2O3. The summed E-state index contributed by atoms with van der Waals surface area (Å²) in [6.45, 7) is 14.5. The summed E-state index contributed by atoms with van der Waals surface area (Å²) in [7, 11) is 0. The van der Waals surface area contributed by atoms with Gasteiger partial charge in [-0.05, 0) is 40.2 Å². The number of carbonyl (C=O) groups excluding carboxylic acids is 1. The van der Waals surface area contributed by atoms with Crippen LogP contribution in [0.4, 0.5) is 4.79 Å². The predicted molar refractivity (Wildman–Crippen MR) is 79.6 cm³/mol. The summed E-state index contributed by atoms with van der Waals surface area (Å²) in [6, 6.07) is 0.369. The van der Waals surface area contributed by atoms with Crippen LogP contribution in [0.1, 0.15) is 33.6 Å². The molecular weight excluding hydrogens is 256 g/mol. The molecule has 1 aliphatic heterocycles. The van der Waals surface area contributed by atoms with Gasteiger partial charge >= 0.3 is 6.09 Å². The minimum Gasteiger partial charge on any atom is -0.416 e. The fraction of sp³-hybridized carbons (Fsp3) is 0.800. The number of allylic oxidation sites excluding steroid dienone is 1. The van der Waals surface area contributed by atoms with Crippen LogP contribution in [0.5, 0.6) is 0 Å². The Morgan fingerprint density at radius 1 is 1.35 bits per heavy atom. The third-order valence-corrected chi connectivity index (χ3v) is 3.47. The Morgan fingerprint density at radius 2 is 2.10 bits per heavy atom. The number of carbonyl (C=O) groups is 1. The largest absolute Gasteiger partial charge is 0.416 e. The van der Waals surface area contributed by atoms with Gasteiger partial charge < -0.3 is 14.4 Å². The summed E-state index contributed by atoms with van der Waals surface area (Å²) in [5.74, 6) is 0.445. The number of rotatable bonds is 7. The number of amides is 1. The van der Waals surface area contributed by atoms with Crippen molar-refractivity contribution >= 4 is 6.09 Å². The lowest BCUT2D eigenvalue weighted by Crippen LogP contribution is -2.53. The van der Waals surface area contributed by atoms with Gasteiger partial charge in [-0.15, -0.1) is 0 Å². The lowest BCUT2D eigenvalue weighted by Gasteiger charge is -2.39. The average molecular weight is 284 g/mol. The molecule has 1 heterocycles. The fourth-order valence-electron chi connectivity index (χ4n) is 2.37. The number of piperazine rings is 1. The lowest BCUT2D eigenvalue weighted by molar-refractivity contribution is 0.0654. The van der Waals surface area contributed by atoms with Crippen molar-refractivity contribution in [2.45, 2.75) is 39.7 Å². The molecule has 20 heavy (non-hydrogen) atoms. The van der Waals surface area contributed by atoms with Crippen molar-refractivity contribution in [3.8, 4) is 0 Å². The molecule has 1 aliphatic rings. The van der Waals surface area contributed by atoms with E-state index in [1.807, 2.05) is 6.92 Å². The molecule has 116 valence electrons. The maximum absolute atomic E-state index is 11.8. The molecule has 0 radical (unpaired) electrons. The molecule has 0 unspecified atom stereocenters. The number of ether oxygens (including phenoxy) is 2. The zero-order valence-electron chi connectivity index (χ0n) is 13.1. The van der Waals surface area contributed by atoms with Crippen molar-refractivity contribution in [2.75, 3.05) is 39.4 Å². The maximum atomic E-state index is 11.8. The van der Waals surface area contributed by atoms with Crippen molar-refractivity contribution in [3.05, 3.63) is 12.3 Å². The van der Waals surface area contributed by atoms with E-state index in [4.69, 9.17) is 9.47 Å². The molecule has 0 saturated carbocycles. The van der Waals surface area contributed by atoms with Gasteiger partial charge in [-0.1, -0.05) is 6.58 Å². The molecule has 0 aromatic carbocycles. The Bertz CT molecular complexity index is 320. The first-order valence-electron chi connectivity index (χ1n) is 7.48. The van der Waals surface area contributed by atoms with E-state index < -0.39 is 0 Å². The highest BCUT2D eigenvalue weighted by Crippen LogP contribution is 2.12. The van der Waals surface area contributed by atoms with Gasteiger partial charge in [-0.3, -0.25) is 4.90 Å². The molecule has 5 heteroatoms. The minimum atomic E-state index is -0.277. The van der Waals surface area contributed by atoms with Gasteiger partial charge in [-0.25, -0.2) is 4.79 Å². The molecule has 1 amide bonds. The SMILES string of the molecule is C=C(C)OC(=O)N1CCN(CCCCOCC)[C@@H](C)C1. The molecule has 0 bridgehead atoms. The van der Waals surface area contributed by atoms with Crippen LogP contribution in [0, 0.1) is 0 Å². The molecule has 1 fully saturated rings. The summed E-state index contributed by atoms with van der Waals surface area (Å²) in [4.78, 5) is 16.0. The van der Waals surface area contributed by atoms with Gasteiger partial charge in [0.05, 0.1) is 5.76 Å². The van der Waals surface area contributed by atoms with E-state index in [0.717, 1.165) is 52.2 Å². The summed E-state index contributed by atoms with van der Waals surface area (Å²) in [6.07, 6.45) is 1.96. The normalized spacial score (nSPS) is 19.9. The number of hydrogen-bond donors (Lipinski definition) is 0. The van der Waals surface area contributed by atoms with E-state index in [-0.39, 0.29) is 6.09 Å². The van der Waals surface area contributed by atoms with Crippen LogP contribution >= 0.6 is 0 Å². The van der Waals surface area contributed by atoms with Crippen LogP contribution < -0.4 is 0 Å². The second-order valence-electron chi connectivity index (χ2n) is 5.31. The van der Waals surface area contributed by atoms with Crippen LogP contribution in [0.15, 0.2) is 12.3 Å². The van der Waals surface area contributed by atoms with Crippen molar-refractivity contribution in [1.29, 1.82) is 0 Å². The second-order valence-corrected chi connectivity index (χ2v) is 5.31. The van der Waals surface area contributed by atoms with Crippen LogP contribution in [0.2, 0.25) is 0 Å². The predicted octanol–water partition coefficient (Wildman–Crippen LogP) is 2.48. The Labute approximate surface area is 122 Å². The summed E-state index contributed by atoms with van der Waals surface area (Å²) >= 11 is 0. The molecule has 0 N–H and O–H groups in total. The molecule has 1 atom stereocenters. The quantitative estimate of drug-likeness (QED) is 0.532. The first-order valence-corrected chi connectivity index (χ1v) is 7.48. The average Bonchev–Trinajstić information content (AvgIpc) is 2.39. The van der Waals surface area contributed by atoms with Crippen LogP contribution in [-0.4, -0.2) is 61.3 Å². The van der Waals surface area contributed by atoms with Crippen molar-refractivity contribution in [2.24, 2.45) is 0 Å². The van der Waals surface area contributed by atoms with Gasteiger partial charge in [0.1, 0.15) is 0 Å². The molecule has 5 nitrogen and oxygen atoms in total. The topological polar surface area (TPSA) is 42.0 Å². The number of nitrogens with zero attached hydrogens (tertiary/aromatic N) is 2. The highest BCUT2D eigenvalue weighted by Gasteiger charge is 2.27. The number of hydrogen-bond acceptors (Lipinski definition) is 4. The lowest BCUT2D eigenvalue weighted by atomic mass is 10.2. The molecule has 0 aliphatic carbocycles. The highest BCUT2D eigenvalue weighted by molar-refractivity contribution is 5.68. The van der Waals surface area contributed by atoms with Crippen molar-refractivity contribution in [1.82, 2.24) is 9.80 Å². The third kappa shape index (κ3) is 5.92. The van der Waals surface area contributed by atoms with Crippen molar-refractivity contribution in [3.63, 3.8) is 0 Å². The fourth-order valence-corrected chi connectivity index (χ4v) is 2.37. The summed E-state index contributed by atoms with van der Waals surface area (Å²) in [5.41, 5.74) is 0. The zero-order chi connectivity index (χ0) is 15.0. The van der Waals surface area contributed by atoms with Crippen LogP contribution in [-0.2, 0) is 9.47 Å². The molecule has 1 saturated heterocycles. The molecule has 0 spiro atoms. The monoisotopic (exact) mass is 284 g/mol. The van der Waals surface area contributed by atoms with Gasteiger partial charge in [-0.2, -0.15) is 0 Å². The van der Waals surface area contributed by atoms with Gasteiger partial charge in [0, 0.05) is 38.9 Å². The highest BCUT2D eigenvalue weighted by atomic mass is 16.6. The van der Waals surface area contributed by atoms with E-state index in [2.05, 4.69) is 18.4 Å². The minimum absolute atomic E-state index is 0.277.